The minimum atomic E-state index is 0.832. The molecule has 0 bridgehead atoms. The van der Waals surface area contributed by atoms with E-state index in [0.717, 1.165) is 12.1 Å². The molecule has 76 heavy (non-hydrogen) atoms. The molecule has 0 saturated heterocycles. The molecule has 3 heterocycles. The van der Waals surface area contributed by atoms with E-state index in [1.807, 2.05) is 11.3 Å². The maximum atomic E-state index is 2.45. The molecule has 0 fully saturated rings. The molecule has 15 rings (SSSR count). The highest BCUT2D eigenvalue weighted by Gasteiger charge is 2.18. The molecule has 0 aliphatic carbocycles. The predicted octanol–water partition coefficient (Wildman–Crippen LogP) is 20.2. The molecule has 15 aromatic rings. The molecule has 356 valence electrons. The lowest BCUT2D eigenvalue weighted by molar-refractivity contribution is 1.16. The summed E-state index contributed by atoms with van der Waals surface area (Å²) in [5.41, 5.74) is 21.9. The summed E-state index contributed by atoms with van der Waals surface area (Å²) in [6, 6.07) is 103. The van der Waals surface area contributed by atoms with Crippen LogP contribution in [0.25, 0.3) is 131 Å². The van der Waals surface area contributed by atoms with Crippen molar-refractivity contribution in [2.75, 3.05) is 0 Å². The van der Waals surface area contributed by atoms with Gasteiger partial charge in [-0.15, -0.1) is 11.3 Å². The van der Waals surface area contributed by atoms with E-state index in [9.17, 15) is 0 Å². The monoisotopic (exact) mass is 984 g/mol. The van der Waals surface area contributed by atoms with E-state index in [0.29, 0.717) is 0 Å². The molecule has 3 aromatic heterocycles. The van der Waals surface area contributed by atoms with E-state index >= 15 is 0 Å². The molecule has 0 spiro atoms. The molecule has 0 saturated carbocycles. The first-order chi connectivity index (χ1) is 37.6. The van der Waals surface area contributed by atoms with E-state index in [1.165, 1.54) is 136 Å². The molecule has 0 radical (unpaired) electrons. The van der Waals surface area contributed by atoms with Crippen LogP contribution >= 0.6 is 11.3 Å². The van der Waals surface area contributed by atoms with Crippen LogP contribution in [0.15, 0.2) is 279 Å². The number of benzene rings is 12. The molecule has 3 heteroatoms. The third kappa shape index (κ3) is 7.63. The largest absolute Gasteiger partial charge is 0.309 e. The second-order valence-electron chi connectivity index (χ2n) is 20.1. The fourth-order valence-corrected chi connectivity index (χ4v) is 13.0. The minimum Gasteiger partial charge on any atom is -0.309 e. The van der Waals surface area contributed by atoms with Gasteiger partial charge in [0, 0.05) is 53.1 Å². The first-order valence-corrected chi connectivity index (χ1v) is 27.0. The summed E-state index contributed by atoms with van der Waals surface area (Å²) < 4.78 is 7.54. The van der Waals surface area contributed by atoms with Gasteiger partial charge < -0.3 is 9.13 Å². The lowest BCUT2D eigenvalue weighted by atomic mass is 9.93. The minimum absolute atomic E-state index is 0.832. The first-order valence-electron chi connectivity index (χ1n) is 26.2. The van der Waals surface area contributed by atoms with Crippen molar-refractivity contribution in [2.24, 2.45) is 0 Å². The standard InChI is InChI=1S/C73H48N2S/c1-2-16-50(17-3-1)52-19-11-21-54(42-52)56-23-13-25-58(44-56)59-26-14-24-57(45-59)55-22-12-20-53(43-55)51-18-10-15-48(40-51)39-49-33-36-70-65(41-49)62-27-4-7-30-68(62)74(70)60-34-37-71-66(46-60)63-28-5-8-31-69(63)75(71)61-35-38-73-67(47-61)64-29-6-9-32-72(64)76-73/h1-38,40-47H,39H2. The van der Waals surface area contributed by atoms with Gasteiger partial charge >= 0.3 is 0 Å². The van der Waals surface area contributed by atoms with Gasteiger partial charge in [0.05, 0.1) is 22.1 Å². The van der Waals surface area contributed by atoms with Gasteiger partial charge in [-0.1, -0.05) is 188 Å². The van der Waals surface area contributed by atoms with Gasteiger partial charge in [0.15, 0.2) is 0 Å². The molecule has 0 aliphatic rings. The second-order valence-corrected chi connectivity index (χ2v) is 21.2. The Hall–Kier alpha value is -9.54. The number of aromatic nitrogens is 2. The third-order valence-electron chi connectivity index (χ3n) is 15.5. The number of fused-ring (bicyclic) bond motifs is 9. The Morgan fingerprint density at radius 2 is 0.605 bits per heavy atom. The van der Waals surface area contributed by atoms with Crippen LogP contribution in [0.4, 0.5) is 0 Å². The van der Waals surface area contributed by atoms with E-state index in [4.69, 9.17) is 0 Å². The van der Waals surface area contributed by atoms with Gasteiger partial charge in [-0.2, -0.15) is 0 Å². The second kappa shape index (κ2) is 18.1. The smallest absolute Gasteiger partial charge is 0.0542 e. The number of nitrogens with zero attached hydrogens (tertiary/aromatic N) is 2. The summed E-state index contributed by atoms with van der Waals surface area (Å²) in [6.07, 6.45) is 0.832. The van der Waals surface area contributed by atoms with Crippen LogP contribution in [0.3, 0.4) is 0 Å². The van der Waals surface area contributed by atoms with Gasteiger partial charge in [0.2, 0.25) is 0 Å². The molecule has 0 atom stereocenters. The van der Waals surface area contributed by atoms with Crippen molar-refractivity contribution in [2.45, 2.75) is 6.42 Å². The highest BCUT2D eigenvalue weighted by molar-refractivity contribution is 7.25. The van der Waals surface area contributed by atoms with Gasteiger partial charge in [0.1, 0.15) is 0 Å². The van der Waals surface area contributed by atoms with Crippen molar-refractivity contribution in [3.63, 3.8) is 0 Å². The topological polar surface area (TPSA) is 9.86 Å². The van der Waals surface area contributed by atoms with Crippen LogP contribution in [0, 0.1) is 0 Å². The fraction of sp³-hybridized carbons (Fsp3) is 0.0137. The Balaban J connectivity index is 0.727. The van der Waals surface area contributed by atoms with Crippen LogP contribution in [0.1, 0.15) is 11.1 Å². The third-order valence-corrected chi connectivity index (χ3v) is 16.6. The Bertz CT molecular complexity index is 4740. The molecule has 12 aromatic carbocycles. The summed E-state index contributed by atoms with van der Waals surface area (Å²) in [5.74, 6) is 0. The van der Waals surface area contributed by atoms with E-state index in [2.05, 4.69) is 288 Å². The number of thiophene rings is 1. The molecular formula is C73H48N2S. The quantitative estimate of drug-likeness (QED) is 0.136. The number of para-hydroxylation sites is 2. The molecule has 0 amide bonds. The van der Waals surface area contributed by atoms with E-state index in [1.54, 1.807) is 0 Å². The normalized spacial score (nSPS) is 11.7. The maximum absolute atomic E-state index is 2.45. The molecule has 0 unspecified atom stereocenters. The Labute approximate surface area is 445 Å². The highest BCUT2D eigenvalue weighted by atomic mass is 32.1. The summed E-state index contributed by atoms with van der Waals surface area (Å²) in [5, 5.41) is 7.64. The van der Waals surface area contributed by atoms with Crippen LogP contribution in [0.2, 0.25) is 0 Å². The molecule has 2 nitrogen and oxygen atoms in total. The zero-order valence-electron chi connectivity index (χ0n) is 41.6. The summed E-state index contributed by atoms with van der Waals surface area (Å²) >= 11 is 1.86. The predicted molar refractivity (Wildman–Crippen MR) is 324 cm³/mol. The molecule has 0 N–H and O–H groups in total. The lowest BCUT2D eigenvalue weighted by Crippen LogP contribution is -1.96. The Kier molecular flexibility index (Phi) is 10.5. The maximum Gasteiger partial charge on any atom is 0.0542 e. The van der Waals surface area contributed by atoms with Gasteiger partial charge in [-0.05, 0) is 164 Å². The summed E-state index contributed by atoms with van der Waals surface area (Å²) in [4.78, 5) is 0. The van der Waals surface area contributed by atoms with Gasteiger partial charge in [-0.25, -0.2) is 0 Å². The zero-order valence-corrected chi connectivity index (χ0v) is 42.4. The van der Waals surface area contributed by atoms with Gasteiger partial charge in [-0.3, -0.25) is 0 Å². The van der Waals surface area contributed by atoms with Crippen molar-refractivity contribution in [3.05, 3.63) is 290 Å². The van der Waals surface area contributed by atoms with Crippen molar-refractivity contribution in [3.8, 4) is 67.0 Å². The summed E-state index contributed by atoms with van der Waals surface area (Å²) in [6.45, 7) is 0. The Morgan fingerprint density at radius 3 is 1.18 bits per heavy atom. The zero-order chi connectivity index (χ0) is 50.1. The first kappa shape index (κ1) is 44.0. The van der Waals surface area contributed by atoms with Crippen LogP contribution < -0.4 is 0 Å². The van der Waals surface area contributed by atoms with Crippen molar-refractivity contribution in [1.82, 2.24) is 9.13 Å². The molecular weight excluding hydrogens is 937 g/mol. The SMILES string of the molecule is c1ccc(-c2cccc(-c3cccc(-c4cccc(-c5cccc(-c6cccc(Cc7ccc8c(c7)c7ccccc7n8-c7ccc8c(c7)c7ccccc7n8-c7ccc8sc9ccccc9c8c7)c6)c5)c4)c3)c2)cc1. The van der Waals surface area contributed by atoms with Crippen LogP contribution in [0.5, 0.6) is 0 Å². The highest BCUT2D eigenvalue weighted by Crippen LogP contribution is 2.41. The van der Waals surface area contributed by atoms with Crippen LogP contribution in [-0.2, 0) is 6.42 Å². The number of hydrogen-bond donors (Lipinski definition) is 0. The Morgan fingerprint density at radius 1 is 0.224 bits per heavy atom. The van der Waals surface area contributed by atoms with Crippen molar-refractivity contribution in [1.29, 1.82) is 0 Å². The van der Waals surface area contributed by atoms with Crippen molar-refractivity contribution < 1.29 is 0 Å². The molecule has 0 aliphatic heterocycles. The van der Waals surface area contributed by atoms with E-state index < -0.39 is 0 Å². The number of rotatable bonds is 9. The average molecular weight is 985 g/mol. The van der Waals surface area contributed by atoms with Crippen molar-refractivity contribution >= 4 is 75.1 Å². The number of hydrogen-bond acceptors (Lipinski definition) is 1. The van der Waals surface area contributed by atoms with Gasteiger partial charge in [0.25, 0.3) is 0 Å². The average Bonchev–Trinajstić information content (AvgIpc) is 4.22. The van der Waals surface area contributed by atoms with Crippen LogP contribution in [-0.4, -0.2) is 9.13 Å². The van der Waals surface area contributed by atoms with E-state index in [-0.39, 0.29) is 0 Å². The lowest BCUT2D eigenvalue weighted by Gasteiger charge is -2.11. The fourth-order valence-electron chi connectivity index (χ4n) is 11.9. The summed E-state index contributed by atoms with van der Waals surface area (Å²) in [7, 11) is 0.